The van der Waals surface area contributed by atoms with E-state index < -0.39 is 10.0 Å². The minimum atomic E-state index is -3.59. The predicted octanol–water partition coefficient (Wildman–Crippen LogP) is 3.64. The number of nitrogens with one attached hydrogen (secondary N) is 1. The highest BCUT2D eigenvalue weighted by Gasteiger charge is 2.06. The first-order valence-electron chi connectivity index (χ1n) is 6.18. The van der Waals surface area contributed by atoms with Crippen molar-refractivity contribution in [2.75, 3.05) is 10.5 Å². The van der Waals surface area contributed by atoms with Crippen molar-refractivity contribution in [3.63, 3.8) is 0 Å². The van der Waals surface area contributed by atoms with Gasteiger partial charge in [-0.3, -0.25) is 4.72 Å². The Kier molecular flexibility index (Phi) is 4.55. The average Bonchev–Trinajstić information content (AvgIpc) is 2.42. The first kappa shape index (κ1) is 15.4. The van der Waals surface area contributed by atoms with Crippen molar-refractivity contribution < 1.29 is 8.42 Å². The number of anilines is 2. The van der Waals surface area contributed by atoms with Crippen molar-refractivity contribution in [3.8, 4) is 0 Å². The third kappa shape index (κ3) is 4.51. The molecule has 2 aromatic rings. The molecule has 6 heteroatoms. The summed E-state index contributed by atoms with van der Waals surface area (Å²) in [5.74, 6) is 0. The third-order valence-electron chi connectivity index (χ3n) is 2.85. The molecule has 2 aromatic carbocycles. The van der Waals surface area contributed by atoms with Crippen LogP contribution in [-0.4, -0.2) is 8.42 Å². The van der Waals surface area contributed by atoms with Gasteiger partial charge < -0.3 is 5.73 Å². The molecule has 0 amide bonds. The zero-order chi connectivity index (χ0) is 15.5. The average molecular weight is 323 g/mol. The van der Waals surface area contributed by atoms with Crippen LogP contribution in [0.1, 0.15) is 11.1 Å². The number of benzene rings is 2. The highest BCUT2D eigenvalue weighted by molar-refractivity contribution is 7.95. The Labute approximate surface area is 129 Å². The summed E-state index contributed by atoms with van der Waals surface area (Å²) in [4.78, 5) is 0. The number of nitrogen functional groups attached to an aromatic ring is 1. The van der Waals surface area contributed by atoms with E-state index in [0.29, 0.717) is 16.4 Å². The van der Waals surface area contributed by atoms with Gasteiger partial charge in [-0.05, 0) is 48.4 Å². The third-order valence-corrected chi connectivity index (χ3v) is 4.12. The fourth-order valence-electron chi connectivity index (χ4n) is 1.64. The number of hydrogen-bond donors (Lipinski definition) is 2. The Hall–Kier alpha value is -1.98. The zero-order valence-electron chi connectivity index (χ0n) is 11.4. The summed E-state index contributed by atoms with van der Waals surface area (Å²) in [6.45, 7) is 1.86. The van der Waals surface area contributed by atoms with E-state index in [1.807, 2.05) is 6.92 Å². The van der Waals surface area contributed by atoms with Crippen molar-refractivity contribution >= 4 is 39.1 Å². The van der Waals surface area contributed by atoms with E-state index in [1.54, 1.807) is 42.5 Å². The summed E-state index contributed by atoms with van der Waals surface area (Å²) < 4.78 is 26.4. The van der Waals surface area contributed by atoms with Crippen LogP contribution in [0.5, 0.6) is 0 Å². The first-order valence-corrected chi connectivity index (χ1v) is 8.11. The van der Waals surface area contributed by atoms with E-state index in [0.717, 1.165) is 16.5 Å². The topological polar surface area (TPSA) is 72.2 Å². The molecular weight excluding hydrogens is 308 g/mol. The van der Waals surface area contributed by atoms with Crippen molar-refractivity contribution in [3.05, 3.63) is 64.0 Å². The van der Waals surface area contributed by atoms with Crippen LogP contribution >= 0.6 is 11.6 Å². The second kappa shape index (κ2) is 6.20. The molecule has 21 heavy (non-hydrogen) atoms. The summed E-state index contributed by atoms with van der Waals surface area (Å²) in [5.41, 5.74) is 8.36. The molecule has 3 N–H and O–H groups in total. The van der Waals surface area contributed by atoms with Gasteiger partial charge in [0.05, 0.1) is 11.1 Å². The smallest absolute Gasteiger partial charge is 0.255 e. The van der Waals surface area contributed by atoms with E-state index in [2.05, 4.69) is 4.72 Å². The number of halogens is 1. The molecule has 0 fully saturated rings. The molecule has 110 valence electrons. The predicted molar refractivity (Wildman–Crippen MR) is 88.6 cm³/mol. The summed E-state index contributed by atoms with van der Waals surface area (Å²) >= 11 is 5.77. The van der Waals surface area contributed by atoms with Crippen LogP contribution in [0.25, 0.3) is 6.08 Å². The van der Waals surface area contributed by atoms with E-state index in [-0.39, 0.29) is 0 Å². The van der Waals surface area contributed by atoms with Gasteiger partial charge in [0, 0.05) is 10.7 Å². The quantitative estimate of drug-likeness (QED) is 0.844. The first-order chi connectivity index (χ1) is 9.85. The van der Waals surface area contributed by atoms with Crippen LogP contribution in [0.4, 0.5) is 11.4 Å². The molecule has 0 atom stereocenters. The molecule has 0 bridgehead atoms. The Morgan fingerprint density at radius 3 is 2.43 bits per heavy atom. The summed E-state index contributed by atoms with van der Waals surface area (Å²) in [6, 6.07) is 11.9. The second-order valence-electron chi connectivity index (χ2n) is 4.57. The Bertz CT molecular complexity index is 769. The second-order valence-corrected chi connectivity index (χ2v) is 6.58. The number of hydrogen-bond acceptors (Lipinski definition) is 3. The van der Waals surface area contributed by atoms with Crippen LogP contribution in [0, 0.1) is 6.92 Å². The summed E-state index contributed by atoms with van der Waals surface area (Å²) in [7, 11) is -3.59. The lowest BCUT2D eigenvalue weighted by molar-refractivity contribution is 0.609. The largest absolute Gasteiger partial charge is 0.398 e. The molecule has 0 saturated heterocycles. The number of rotatable bonds is 4. The van der Waals surface area contributed by atoms with E-state index in [9.17, 15) is 8.42 Å². The SMILES string of the molecule is Cc1ccc(NS(=O)(=O)/C=C/c2ccc(Cl)cc2)cc1N. The Morgan fingerprint density at radius 2 is 1.81 bits per heavy atom. The van der Waals surface area contributed by atoms with Gasteiger partial charge in [-0.25, -0.2) is 8.42 Å². The molecule has 2 rings (SSSR count). The van der Waals surface area contributed by atoms with Crippen LogP contribution in [0.2, 0.25) is 5.02 Å². The van der Waals surface area contributed by atoms with Crippen molar-refractivity contribution in [2.45, 2.75) is 6.92 Å². The Balaban J connectivity index is 2.14. The summed E-state index contributed by atoms with van der Waals surface area (Å²) in [6.07, 6.45) is 1.50. The molecular formula is C15H15ClN2O2S. The van der Waals surface area contributed by atoms with Gasteiger partial charge >= 0.3 is 0 Å². The molecule has 0 aromatic heterocycles. The lowest BCUT2D eigenvalue weighted by atomic mass is 10.2. The van der Waals surface area contributed by atoms with Gasteiger partial charge in [-0.1, -0.05) is 29.8 Å². The molecule has 4 nitrogen and oxygen atoms in total. The lowest BCUT2D eigenvalue weighted by Gasteiger charge is -2.07. The van der Waals surface area contributed by atoms with Crippen LogP contribution in [-0.2, 0) is 10.0 Å². The molecule has 0 aliphatic carbocycles. The zero-order valence-corrected chi connectivity index (χ0v) is 12.9. The van der Waals surface area contributed by atoms with Crippen molar-refractivity contribution in [1.29, 1.82) is 0 Å². The van der Waals surface area contributed by atoms with Crippen LogP contribution < -0.4 is 10.5 Å². The molecule has 0 heterocycles. The van der Waals surface area contributed by atoms with Gasteiger partial charge in [0.25, 0.3) is 10.0 Å². The van der Waals surface area contributed by atoms with Crippen molar-refractivity contribution in [2.24, 2.45) is 0 Å². The van der Waals surface area contributed by atoms with Gasteiger partial charge in [0.1, 0.15) is 0 Å². The minimum Gasteiger partial charge on any atom is -0.398 e. The molecule has 0 aliphatic rings. The highest BCUT2D eigenvalue weighted by atomic mass is 35.5. The molecule has 0 spiro atoms. The van der Waals surface area contributed by atoms with Crippen LogP contribution in [0.3, 0.4) is 0 Å². The fraction of sp³-hybridized carbons (Fsp3) is 0.0667. The number of sulfonamides is 1. The number of aryl methyl sites for hydroxylation is 1. The van der Waals surface area contributed by atoms with Crippen LogP contribution in [0.15, 0.2) is 47.9 Å². The monoisotopic (exact) mass is 322 g/mol. The maximum absolute atomic E-state index is 12.0. The highest BCUT2D eigenvalue weighted by Crippen LogP contribution is 2.18. The molecule has 0 saturated carbocycles. The fourth-order valence-corrected chi connectivity index (χ4v) is 2.63. The number of nitrogens with two attached hydrogens (primary N) is 1. The molecule has 0 unspecified atom stereocenters. The summed E-state index contributed by atoms with van der Waals surface area (Å²) in [5, 5.41) is 1.70. The maximum Gasteiger partial charge on any atom is 0.255 e. The maximum atomic E-state index is 12.0. The van der Waals surface area contributed by atoms with E-state index >= 15 is 0 Å². The van der Waals surface area contributed by atoms with Gasteiger partial charge in [0.15, 0.2) is 0 Å². The minimum absolute atomic E-state index is 0.429. The van der Waals surface area contributed by atoms with Gasteiger partial charge in [0.2, 0.25) is 0 Å². The Morgan fingerprint density at radius 1 is 1.14 bits per heavy atom. The van der Waals surface area contributed by atoms with E-state index in [4.69, 9.17) is 17.3 Å². The van der Waals surface area contributed by atoms with Gasteiger partial charge in [-0.2, -0.15) is 0 Å². The molecule has 0 radical (unpaired) electrons. The van der Waals surface area contributed by atoms with Crippen molar-refractivity contribution in [1.82, 2.24) is 0 Å². The lowest BCUT2D eigenvalue weighted by Crippen LogP contribution is -2.09. The van der Waals surface area contributed by atoms with E-state index in [1.165, 1.54) is 6.08 Å². The van der Waals surface area contributed by atoms with Gasteiger partial charge in [-0.15, -0.1) is 0 Å². The molecule has 0 aliphatic heterocycles. The standard InChI is InChI=1S/C15H15ClN2O2S/c1-11-2-7-14(10-15(11)17)18-21(19,20)9-8-12-3-5-13(16)6-4-12/h2-10,18H,17H2,1H3/b9-8+. The normalized spacial score (nSPS) is 11.7.